The van der Waals surface area contributed by atoms with E-state index >= 15 is 0 Å². The Hall–Kier alpha value is -1.89. The van der Waals surface area contributed by atoms with Crippen LogP contribution in [0.2, 0.25) is 0 Å². The quantitative estimate of drug-likeness (QED) is 0.541. The Morgan fingerprint density at radius 2 is 1.81 bits per heavy atom. The summed E-state index contributed by atoms with van der Waals surface area (Å²) in [6, 6.07) is 17.9. The average Bonchev–Trinajstić information content (AvgIpc) is 2.67. The van der Waals surface area contributed by atoms with Gasteiger partial charge in [0.15, 0.2) is 0 Å². The normalized spacial score (nSPS) is 30.3. The van der Waals surface area contributed by atoms with Gasteiger partial charge in [0, 0.05) is 6.21 Å². The van der Waals surface area contributed by atoms with E-state index in [9.17, 15) is 0 Å². The second-order valence-electron chi connectivity index (χ2n) is 9.46. The lowest BCUT2D eigenvalue weighted by Crippen LogP contribution is -2.52. The van der Waals surface area contributed by atoms with Crippen LogP contribution < -0.4 is 0 Å². The van der Waals surface area contributed by atoms with Gasteiger partial charge in [-0.05, 0) is 72.1 Å². The molecule has 2 aliphatic carbocycles. The number of nitrogens with zero attached hydrogens (tertiary/aromatic N) is 1. The standard InChI is InChI=1S/C26H33N/c1-19(2)21-11-13-23-22(17-21)12-14-24-25(23,3)15-8-16-26(24,4)27-18-20-9-6-5-7-10-20/h5-7,9-11,13,17-19,24H,8,12,14-16H2,1-4H3/t24-,25-,26-/m1/s1. The zero-order valence-electron chi connectivity index (χ0n) is 17.3. The Morgan fingerprint density at radius 3 is 2.56 bits per heavy atom. The molecule has 2 aromatic carbocycles. The van der Waals surface area contributed by atoms with E-state index in [-0.39, 0.29) is 11.0 Å². The maximum absolute atomic E-state index is 5.21. The first-order valence-electron chi connectivity index (χ1n) is 10.7. The molecule has 0 aliphatic heterocycles. The molecular weight excluding hydrogens is 326 g/mol. The summed E-state index contributed by atoms with van der Waals surface area (Å²) in [7, 11) is 0. The predicted octanol–water partition coefficient (Wildman–Crippen LogP) is 6.69. The highest BCUT2D eigenvalue weighted by atomic mass is 14.9. The molecular formula is C26H33N. The van der Waals surface area contributed by atoms with Gasteiger partial charge < -0.3 is 0 Å². The van der Waals surface area contributed by atoms with Crippen LogP contribution in [0.5, 0.6) is 0 Å². The molecule has 27 heavy (non-hydrogen) atoms. The molecule has 0 N–H and O–H groups in total. The summed E-state index contributed by atoms with van der Waals surface area (Å²) in [6.45, 7) is 9.51. The van der Waals surface area contributed by atoms with Gasteiger partial charge in [-0.15, -0.1) is 0 Å². The molecule has 1 heteroatoms. The number of hydrogen-bond acceptors (Lipinski definition) is 1. The van der Waals surface area contributed by atoms with Crippen LogP contribution in [0.15, 0.2) is 53.5 Å². The Kier molecular flexibility index (Phi) is 4.74. The molecule has 0 spiro atoms. The molecule has 0 radical (unpaired) electrons. The van der Waals surface area contributed by atoms with Gasteiger partial charge in [-0.25, -0.2) is 0 Å². The molecule has 2 aliphatic rings. The summed E-state index contributed by atoms with van der Waals surface area (Å²) < 4.78 is 0. The second-order valence-corrected chi connectivity index (χ2v) is 9.46. The van der Waals surface area contributed by atoms with Crippen molar-refractivity contribution in [2.24, 2.45) is 10.9 Å². The van der Waals surface area contributed by atoms with Gasteiger partial charge >= 0.3 is 0 Å². The smallest absolute Gasteiger partial charge is 0.0616 e. The number of aryl methyl sites for hydroxylation is 1. The fraction of sp³-hybridized carbons (Fsp3) is 0.500. The van der Waals surface area contributed by atoms with Gasteiger partial charge in [0.05, 0.1) is 5.54 Å². The van der Waals surface area contributed by atoms with E-state index in [1.54, 1.807) is 11.1 Å². The molecule has 142 valence electrons. The number of hydrogen-bond donors (Lipinski definition) is 0. The monoisotopic (exact) mass is 359 g/mol. The highest BCUT2D eigenvalue weighted by Crippen LogP contribution is 2.55. The topological polar surface area (TPSA) is 12.4 Å². The summed E-state index contributed by atoms with van der Waals surface area (Å²) in [5, 5.41) is 0. The molecule has 3 atom stereocenters. The zero-order chi connectivity index (χ0) is 19.1. The van der Waals surface area contributed by atoms with Crippen molar-refractivity contribution in [3.63, 3.8) is 0 Å². The van der Waals surface area contributed by atoms with Crippen LogP contribution in [-0.4, -0.2) is 11.8 Å². The van der Waals surface area contributed by atoms with Crippen LogP contribution in [0.4, 0.5) is 0 Å². The molecule has 1 nitrogen and oxygen atoms in total. The van der Waals surface area contributed by atoms with Crippen molar-refractivity contribution >= 4 is 6.21 Å². The van der Waals surface area contributed by atoms with E-state index in [0.29, 0.717) is 11.8 Å². The summed E-state index contributed by atoms with van der Waals surface area (Å²) in [4.78, 5) is 5.21. The average molecular weight is 360 g/mol. The summed E-state index contributed by atoms with van der Waals surface area (Å²) in [5.74, 6) is 1.23. The van der Waals surface area contributed by atoms with Crippen molar-refractivity contribution in [2.75, 3.05) is 0 Å². The molecule has 1 saturated carbocycles. The molecule has 2 aromatic rings. The highest BCUT2D eigenvalue weighted by molar-refractivity contribution is 5.79. The lowest BCUT2D eigenvalue weighted by atomic mass is 9.52. The van der Waals surface area contributed by atoms with E-state index in [0.717, 1.165) is 0 Å². The third kappa shape index (κ3) is 3.26. The van der Waals surface area contributed by atoms with Crippen LogP contribution in [0.25, 0.3) is 0 Å². The van der Waals surface area contributed by atoms with Crippen LogP contribution in [-0.2, 0) is 11.8 Å². The Bertz CT molecular complexity index is 835. The van der Waals surface area contributed by atoms with E-state index < -0.39 is 0 Å². The predicted molar refractivity (Wildman–Crippen MR) is 116 cm³/mol. The van der Waals surface area contributed by atoms with Crippen molar-refractivity contribution < 1.29 is 0 Å². The maximum atomic E-state index is 5.21. The Morgan fingerprint density at radius 1 is 1.04 bits per heavy atom. The third-order valence-electron chi connectivity index (χ3n) is 7.32. The van der Waals surface area contributed by atoms with E-state index in [1.807, 2.05) is 0 Å². The van der Waals surface area contributed by atoms with Crippen LogP contribution in [0.3, 0.4) is 0 Å². The van der Waals surface area contributed by atoms with E-state index in [2.05, 4.69) is 82.4 Å². The van der Waals surface area contributed by atoms with Crippen LogP contribution in [0, 0.1) is 5.92 Å². The van der Waals surface area contributed by atoms with Crippen molar-refractivity contribution in [3.8, 4) is 0 Å². The van der Waals surface area contributed by atoms with Crippen molar-refractivity contribution in [2.45, 2.75) is 76.7 Å². The van der Waals surface area contributed by atoms with E-state index in [1.165, 1.54) is 43.2 Å². The van der Waals surface area contributed by atoms with Crippen LogP contribution in [0.1, 0.15) is 81.5 Å². The lowest BCUT2D eigenvalue weighted by molar-refractivity contribution is 0.0927. The Labute approximate surface area is 164 Å². The van der Waals surface area contributed by atoms with Gasteiger partial charge in [0.1, 0.15) is 0 Å². The summed E-state index contributed by atoms with van der Waals surface area (Å²) >= 11 is 0. The summed E-state index contributed by atoms with van der Waals surface area (Å²) in [5.41, 5.74) is 6.18. The number of fused-ring (bicyclic) bond motifs is 3. The van der Waals surface area contributed by atoms with Gasteiger partial charge in [0.25, 0.3) is 0 Å². The minimum Gasteiger partial charge on any atom is -0.286 e. The lowest BCUT2D eigenvalue weighted by Gasteiger charge is -2.54. The molecule has 0 heterocycles. The second kappa shape index (κ2) is 6.93. The third-order valence-corrected chi connectivity index (χ3v) is 7.32. The minimum absolute atomic E-state index is 0.0389. The fourth-order valence-electron chi connectivity index (χ4n) is 5.75. The first-order valence-corrected chi connectivity index (χ1v) is 10.7. The number of aliphatic imine (C=N–C) groups is 1. The fourth-order valence-corrected chi connectivity index (χ4v) is 5.75. The molecule has 0 unspecified atom stereocenters. The van der Waals surface area contributed by atoms with Gasteiger partial charge in [0.2, 0.25) is 0 Å². The van der Waals surface area contributed by atoms with Crippen molar-refractivity contribution in [1.82, 2.24) is 0 Å². The Balaban J connectivity index is 1.69. The molecule has 1 fully saturated rings. The first-order chi connectivity index (χ1) is 12.9. The summed E-state index contributed by atoms with van der Waals surface area (Å²) in [6.07, 6.45) is 8.34. The molecule has 0 bridgehead atoms. The van der Waals surface area contributed by atoms with Gasteiger partial charge in [-0.1, -0.05) is 75.7 Å². The molecule has 4 rings (SSSR count). The van der Waals surface area contributed by atoms with Crippen molar-refractivity contribution in [1.29, 1.82) is 0 Å². The number of benzene rings is 2. The molecule has 0 saturated heterocycles. The largest absolute Gasteiger partial charge is 0.286 e. The van der Waals surface area contributed by atoms with Crippen molar-refractivity contribution in [3.05, 3.63) is 70.8 Å². The molecule has 0 aromatic heterocycles. The SMILES string of the molecule is CC(C)c1ccc2c(c1)CC[C@H]1[C@](C)(N=Cc3ccccc3)CCC[C@]21C. The zero-order valence-corrected chi connectivity index (χ0v) is 17.3. The molecule has 0 amide bonds. The van der Waals surface area contributed by atoms with Gasteiger partial charge in [-0.3, -0.25) is 4.99 Å². The maximum Gasteiger partial charge on any atom is 0.0616 e. The first kappa shape index (κ1) is 18.5. The minimum atomic E-state index is 0.0389. The highest BCUT2D eigenvalue weighted by Gasteiger charge is 2.51. The van der Waals surface area contributed by atoms with Crippen LogP contribution >= 0.6 is 0 Å². The van der Waals surface area contributed by atoms with E-state index in [4.69, 9.17) is 4.99 Å². The van der Waals surface area contributed by atoms with Gasteiger partial charge in [-0.2, -0.15) is 0 Å². The number of rotatable bonds is 3.